The highest BCUT2D eigenvalue weighted by Gasteiger charge is 2.09. The number of benzene rings is 2. The monoisotopic (exact) mass is 378 g/mol. The summed E-state index contributed by atoms with van der Waals surface area (Å²) >= 11 is 0. The third-order valence-corrected chi connectivity index (χ3v) is 4.17. The van der Waals surface area contributed by atoms with E-state index in [0.29, 0.717) is 5.75 Å². The Labute approximate surface area is 163 Å². The topological polar surface area (TPSA) is 80.6 Å². The van der Waals surface area contributed by atoms with Crippen LogP contribution >= 0.6 is 0 Å². The normalized spacial score (nSPS) is 11.6. The highest BCUT2D eigenvalue weighted by Crippen LogP contribution is 2.21. The molecule has 1 heterocycles. The van der Waals surface area contributed by atoms with Crippen molar-refractivity contribution in [2.45, 2.75) is 12.6 Å². The van der Waals surface area contributed by atoms with Crippen LogP contribution in [0.15, 0.2) is 83.8 Å². The van der Waals surface area contributed by atoms with Gasteiger partial charge >= 0.3 is 0 Å². The molecule has 0 spiro atoms. The lowest BCUT2D eigenvalue weighted by atomic mass is 10.1. The molecule has 28 heavy (non-hydrogen) atoms. The van der Waals surface area contributed by atoms with Gasteiger partial charge in [0.2, 0.25) is 0 Å². The molecule has 144 valence electrons. The molecule has 6 heteroatoms. The Morgan fingerprint density at radius 3 is 2.36 bits per heavy atom. The van der Waals surface area contributed by atoms with Gasteiger partial charge in [0.25, 0.3) is 11.5 Å². The number of carbonyl (C=O) groups excluding carboxylic acids is 1. The number of nitrogens with one attached hydrogen (secondary N) is 1. The number of hydrogen-bond acceptors (Lipinski definition) is 4. The molecule has 3 aromatic rings. The molecule has 0 saturated heterocycles. The molecule has 0 fully saturated rings. The molecular formula is C22H22N2O4. The van der Waals surface area contributed by atoms with Crippen molar-refractivity contribution < 1.29 is 14.6 Å². The number of aliphatic hydroxyl groups excluding tert-OH is 1. The standard InChI is InChI=1S/C22H22N2O4/c25-19(15-24-13-5-4-8-22(24)27)14-23-21(26)16-28-20-11-9-18(10-12-20)17-6-2-1-3-7-17/h1-13,19,25H,14-16H2,(H,23,26). The summed E-state index contributed by atoms with van der Waals surface area (Å²) in [6.07, 6.45) is 0.726. The number of ether oxygens (including phenoxy) is 1. The number of carbonyl (C=O) groups is 1. The van der Waals surface area contributed by atoms with E-state index in [9.17, 15) is 14.7 Å². The Hall–Kier alpha value is -3.38. The summed E-state index contributed by atoms with van der Waals surface area (Å²) in [6.45, 7) is 0.000913. The first-order chi connectivity index (χ1) is 13.6. The maximum absolute atomic E-state index is 11.9. The Balaban J connectivity index is 1.43. The molecule has 0 aliphatic rings. The van der Waals surface area contributed by atoms with Gasteiger partial charge in [-0.3, -0.25) is 9.59 Å². The minimum atomic E-state index is -0.866. The highest BCUT2D eigenvalue weighted by atomic mass is 16.5. The third kappa shape index (κ3) is 5.56. The van der Waals surface area contributed by atoms with Gasteiger partial charge in [-0.1, -0.05) is 48.5 Å². The number of nitrogens with zero attached hydrogens (tertiary/aromatic N) is 1. The second-order valence-corrected chi connectivity index (χ2v) is 6.33. The minimum absolute atomic E-state index is 0.0382. The molecule has 0 saturated carbocycles. The number of aliphatic hydroxyl groups is 1. The van der Waals surface area contributed by atoms with Crippen LogP contribution in [0.2, 0.25) is 0 Å². The SMILES string of the molecule is O=C(COc1ccc(-c2ccccc2)cc1)NCC(O)Cn1ccccc1=O. The Kier molecular flexibility index (Phi) is 6.59. The molecule has 1 amide bonds. The Bertz CT molecular complexity index is 952. The molecule has 0 aliphatic carbocycles. The fraction of sp³-hybridized carbons (Fsp3) is 0.182. The summed E-state index contributed by atoms with van der Waals surface area (Å²) in [4.78, 5) is 23.5. The molecule has 2 aromatic carbocycles. The minimum Gasteiger partial charge on any atom is -0.484 e. The van der Waals surface area contributed by atoms with E-state index in [2.05, 4.69) is 5.32 Å². The number of hydrogen-bond donors (Lipinski definition) is 2. The van der Waals surface area contributed by atoms with Gasteiger partial charge < -0.3 is 19.7 Å². The van der Waals surface area contributed by atoms with E-state index >= 15 is 0 Å². The second kappa shape index (κ2) is 9.53. The van der Waals surface area contributed by atoms with Crippen LogP contribution in [-0.4, -0.2) is 34.8 Å². The maximum Gasteiger partial charge on any atom is 0.258 e. The van der Waals surface area contributed by atoms with Crippen LogP contribution in [0.25, 0.3) is 11.1 Å². The van der Waals surface area contributed by atoms with Crippen LogP contribution in [0.1, 0.15) is 0 Å². The summed E-state index contributed by atoms with van der Waals surface area (Å²) in [7, 11) is 0. The number of aromatic nitrogens is 1. The van der Waals surface area contributed by atoms with Crippen LogP contribution < -0.4 is 15.6 Å². The average molecular weight is 378 g/mol. The first kappa shape index (κ1) is 19.4. The van der Waals surface area contributed by atoms with E-state index in [1.165, 1.54) is 10.6 Å². The predicted octanol–water partition coefficient (Wildman–Crippen LogP) is 2.07. The van der Waals surface area contributed by atoms with Gasteiger partial charge in [0.05, 0.1) is 12.6 Å². The maximum atomic E-state index is 11.9. The van der Waals surface area contributed by atoms with Crippen LogP contribution in [-0.2, 0) is 11.3 Å². The summed E-state index contributed by atoms with van der Waals surface area (Å²) in [5.74, 6) is 0.248. The van der Waals surface area contributed by atoms with Gasteiger partial charge in [-0.2, -0.15) is 0 Å². The van der Waals surface area contributed by atoms with E-state index in [-0.39, 0.29) is 31.2 Å². The smallest absolute Gasteiger partial charge is 0.258 e. The van der Waals surface area contributed by atoms with E-state index in [4.69, 9.17) is 4.74 Å². The van der Waals surface area contributed by atoms with Crippen LogP contribution in [0.4, 0.5) is 0 Å². The van der Waals surface area contributed by atoms with Crippen molar-refractivity contribution in [3.05, 3.63) is 89.3 Å². The van der Waals surface area contributed by atoms with Crippen molar-refractivity contribution in [2.24, 2.45) is 0 Å². The molecular weight excluding hydrogens is 356 g/mol. The van der Waals surface area contributed by atoms with Crippen molar-refractivity contribution in [1.29, 1.82) is 0 Å². The molecule has 3 rings (SSSR count). The lowest BCUT2D eigenvalue weighted by Gasteiger charge is -2.14. The summed E-state index contributed by atoms with van der Waals surface area (Å²) in [6, 6.07) is 22.2. The predicted molar refractivity (Wildman–Crippen MR) is 107 cm³/mol. The van der Waals surface area contributed by atoms with Gasteiger partial charge in [-0.15, -0.1) is 0 Å². The van der Waals surface area contributed by atoms with E-state index < -0.39 is 6.10 Å². The van der Waals surface area contributed by atoms with Crippen molar-refractivity contribution in [1.82, 2.24) is 9.88 Å². The van der Waals surface area contributed by atoms with E-state index in [0.717, 1.165) is 11.1 Å². The molecule has 6 nitrogen and oxygen atoms in total. The summed E-state index contributed by atoms with van der Waals surface area (Å²) < 4.78 is 6.87. The third-order valence-electron chi connectivity index (χ3n) is 4.17. The van der Waals surface area contributed by atoms with E-state index in [1.807, 2.05) is 54.6 Å². The zero-order valence-corrected chi connectivity index (χ0v) is 15.3. The summed E-state index contributed by atoms with van der Waals surface area (Å²) in [5.41, 5.74) is 1.98. The van der Waals surface area contributed by atoms with Gasteiger partial charge in [-0.25, -0.2) is 0 Å². The zero-order valence-electron chi connectivity index (χ0n) is 15.3. The Morgan fingerprint density at radius 2 is 1.64 bits per heavy atom. The molecule has 1 atom stereocenters. The molecule has 0 aliphatic heterocycles. The Morgan fingerprint density at radius 1 is 0.964 bits per heavy atom. The first-order valence-corrected chi connectivity index (χ1v) is 9.00. The van der Waals surface area contributed by atoms with Crippen LogP contribution in [0, 0.1) is 0 Å². The van der Waals surface area contributed by atoms with Crippen LogP contribution in [0.3, 0.4) is 0 Å². The van der Waals surface area contributed by atoms with Gasteiger partial charge in [0.15, 0.2) is 6.61 Å². The fourth-order valence-electron chi connectivity index (χ4n) is 2.71. The van der Waals surface area contributed by atoms with E-state index in [1.54, 1.807) is 18.3 Å². The lowest BCUT2D eigenvalue weighted by Crippen LogP contribution is -2.38. The van der Waals surface area contributed by atoms with Crippen molar-refractivity contribution >= 4 is 5.91 Å². The fourth-order valence-corrected chi connectivity index (χ4v) is 2.71. The number of amides is 1. The van der Waals surface area contributed by atoms with Crippen molar-refractivity contribution in [2.75, 3.05) is 13.2 Å². The molecule has 2 N–H and O–H groups in total. The average Bonchev–Trinajstić information content (AvgIpc) is 2.73. The van der Waals surface area contributed by atoms with Crippen molar-refractivity contribution in [3.63, 3.8) is 0 Å². The van der Waals surface area contributed by atoms with Gasteiger partial charge in [-0.05, 0) is 29.3 Å². The molecule has 1 aromatic heterocycles. The zero-order chi connectivity index (χ0) is 19.8. The molecule has 1 unspecified atom stereocenters. The van der Waals surface area contributed by atoms with Crippen LogP contribution in [0.5, 0.6) is 5.75 Å². The highest BCUT2D eigenvalue weighted by molar-refractivity contribution is 5.77. The van der Waals surface area contributed by atoms with Crippen molar-refractivity contribution in [3.8, 4) is 16.9 Å². The molecule has 0 bridgehead atoms. The van der Waals surface area contributed by atoms with Gasteiger partial charge in [0.1, 0.15) is 5.75 Å². The quantitative estimate of drug-likeness (QED) is 0.629. The number of pyridine rings is 1. The largest absolute Gasteiger partial charge is 0.484 e. The molecule has 0 radical (unpaired) electrons. The number of rotatable bonds is 8. The second-order valence-electron chi connectivity index (χ2n) is 6.33. The van der Waals surface area contributed by atoms with Gasteiger partial charge in [0, 0.05) is 18.8 Å². The first-order valence-electron chi connectivity index (χ1n) is 9.00. The lowest BCUT2D eigenvalue weighted by molar-refractivity contribution is -0.123. The summed E-state index contributed by atoms with van der Waals surface area (Å²) in [5, 5.41) is 12.6.